The molecule has 0 unspecified atom stereocenters. The fourth-order valence-corrected chi connectivity index (χ4v) is 4.98. The van der Waals surface area contributed by atoms with E-state index in [9.17, 15) is 4.79 Å². The lowest BCUT2D eigenvalue weighted by atomic mass is 10.0. The van der Waals surface area contributed by atoms with Crippen LogP contribution in [0.4, 0.5) is 0 Å². The molecule has 3 heterocycles. The number of H-pyrrole nitrogens is 1. The summed E-state index contributed by atoms with van der Waals surface area (Å²) in [5.74, 6) is 1.37. The zero-order chi connectivity index (χ0) is 26.6. The van der Waals surface area contributed by atoms with Gasteiger partial charge in [-0.05, 0) is 64.2 Å². The zero-order valence-electron chi connectivity index (χ0n) is 21.6. The van der Waals surface area contributed by atoms with Gasteiger partial charge < -0.3 is 9.40 Å². The molecule has 3 aromatic heterocycles. The molecule has 0 fully saturated rings. The van der Waals surface area contributed by atoms with Gasteiger partial charge in [-0.25, -0.2) is 4.68 Å². The number of rotatable bonds is 9. The van der Waals surface area contributed by atoms with Crippen LogP contribution in [0, 0.1) is 6.92 Å². The summed E-state index contributed by atoms with van der Waals surface area (Å²) >= 11 is 0. The number of aromatic amines is 1. The van der Waals surface area contributed by atoms with E-state index >= 15 is 0 Å². The Labute approximate surface area is 225 Å². The van der Waals surface area contributed by atoms with Crippen LogP contribution in [0.1, 0.15) is 39.9 Å². The molecule has 0 spiro atoms. The molecule has 0 radical (unpaired) electrons. The molecule has 39 heavy (non-hydrogen) atoms. The Balaban J connectivity index is 1.52. The van der Waals surface area contributed by atoms with Crippen molar-refractivity contribution >= 4 is 10.9 Å². The number of aryl methyl sites for hydroxylation is 1. The predicted molar refractivity (Wildman–Crippen MR) is 149 cm³/mol. The molecule has 0 amide bonds. The van der Waals surface area contributed by atoms with Crippen molar-refractivity contribution in [3.05, 3.63) is 148 Å². The molecule has 8 nitrogen and oxygen atoms in total. The van der Waals surface area contributed by atoms with E-state index in [0.29, 0.717) is 31.0 Å². The van der Waals surface area contributed by atoms with Crippen molar-refractivity contribution in [2.24, 2.45) is 0 Å². The zero-order valence-corrected chi connectivity index (χ0v) is 21.6. The van der Waals surface area contributed by atoms with Gasteiger partial charge in [-0.2, -0.15) is 0 Å². The molecule has 6 aromatic rings. The van der Waals surface area contributed by atoms with Crippen LogP contribution < -0.4 is 5.56 Å². The molecule has 0 aliphatic carbocycles. The number of nitrogens with one attached hydrogen (secondary N) is 1. The van der Waals surface area contributed by atoms with E-state index in [1.807, 2.05) is 85.8 Å². The molecular weight excluding hydrogens is 488 g/mol. The second kappa shape index (κ2) is 10.9. The molecule has 0 bridgehead atoms. The van der Waals surface area contributed by atoms with E-state index in [1.54, 1.807) is 10.9 Å². The molecule has 0 aliphatic heterocycles. The van der Waals surface area contributed by atoms with Gasteiger partial charge >= 0.3 is 0 Å². The van der Waals surface area contributed by atoms with Crippen molar-refractivity contribution in [2.75, 3.05) is 0 Å². The van der Waals surface area contributed by atoms with E-state index in [4.69, 9.17) is 4.42 Å². The molecule has 6 rings (SSSR count). The van der Waals surface area contributed by atoms with Gasteiger partial charge in [-0.1, -0.05) is 72.3 Å². The third kappa shape index (κ3) is 5.42. The summed E-state index contributed by atoms with van der Waals surface area (Å²) < 4.78 is 7.54. The fraction of sp³-hybridized carbons (Fsp3) is 0.161. The Morgan fingerprint density at radius 2 is 1.67 bits per heavy atom. The van der Waals surface area contributed by atoms with Crippen molar-refractivity contribution in [1.29, 1.82) is 0 Å². The van der Waals surface area contributed by atoms with Crippen molar-refractivity contribution in [3.63, 3.8) is 0 Å². The van der Waals surface area contributed by atoms with Crippen LogP contribution in [-0.4, -0.2) is 30.1 Å². The van der Waals surface area contributed by atoms with Gasteiger partial charge in [0.25, 0.3) is 5.56 Å². The minimum atomic E-state index is -0.553. The Hall–Kier alpha value is -4.82. The lowest BCUT2D eigenvalue weighted by Gasteiger charge is -2.30. The van der Waals surface area contributed by atoms with Crippen LogP contribution in [0.3, 0.4) is 0 Å². The van der Waals surface area contributed by atoms with E-state index in [1.165, 1.54) is 0 Å². The molecule has 0 saturated heterocycles. The first kappa shape index (κ1) is 24.5. The average Bonchev–Trinajstić information content (AvgIpc) is 3.63. The normalized spacial score (nSPS) is 12.3. The van der Waals surface area contributed by atoms with Crippen LogP contribution in [0.5, 0.6) is 0 Å². The monoisotopic (exact) mass is 516 g/mol. The van der Waals surface area contributed by atoms with Crippen molar-refractivity contribution < 1.29 is 4.42 Å². The number of nitrogens with zero attached hydrogens (tertiary/aromatic N) is 5. The number of benzene rings is 3. The van der Waals surface area contributed by atoms with E-state index in [0.717, 1.165) is 33.4 Å². The average molecular weight is 517 g/mol. The van der Waals surface area contributed by atoms with Crippen LogP contribution in [0.15, 0.2) is 113 Å². The minimum absolute atomic E-state index is 0.178. The summed E-state index contributed by atoms with van der Waals surface area (Å²) in [6, 6.07) is 31.5. The topological polar surface area (TPSA) is 92.8 Å². The first-order valence-electron chi connectivity index (χ1n) is 12.9. The molecule has 1 N–H and O–H groups in total. The predicted octanol–water partition coefficient (Wildman–Crippen LogP) is 5.26. The number of pyridine rings is 1. The number of hydrogen-bond acceptors (Lipinski definition) is 6. The Kier molecular flexibility index (Phi) is 6.84. The molecule has 194 valence electrons. The minimum Gasteiger partial charge on any atom is -0.468 e. The first-order valence-corrected chi connectivity index (χ1v) is 12.9. The van der Waals surface area contributed by atoms with Crippen molar-refractivity contribution in [2.45, 2.75) is 32.6 Å². The van der Waals surface area contributed by atoms with E-state index in [-0.39, 0.29) is 5.56 Å². The van der Waals surface area contributed by atoms with Gasteiger partial charge in [0.15, 0.2) is 5.82 Å². The highest BCUT2D eigenvalue weighted by atomic mass is 16.3. The maximum Gasteiger partial charge on any atom is 0.253 e. The number of fused-ring (bicyclic) bond motifs is 1. The summed E-state index contributed by atoms with van der Waals surface area (Å²) in [7, 11) is 0. The smallest absolute Gasteiger partial charge is 0.253 e. The van der Waals surface area contributed by atoms with Crippen molar-refractivity contribution in [1.82, 2.24) is 30.1 Å². The summed E-state index contributed by atoms with van der Waals surface area (Å²) in [6.45, 7) is 3.52. The summed E-state index contributed by atoms with van der Waals surface area (Å²) in [6.07, 6.45) is 1.66. The van der Waals surface area contributed by atoms with Crippen LogP contribution in [0.2, 0.25) is 0 Å². The number of tetrazole rings is 1. The number of aromatic nitrogens is 5. The highest BCUT2D eigenvalue weighted by Crippen LogP contribution is 2.30. The maximum atomic E-state index is 13.7. The van der Waals surface area contributed by atoms with Crippen molar-refractivity contribution in [3.8, 4) is 0 Å². The number of furan rings is 1. The maximum absolute atomic E-state index is 13.7. The Morgan fingerprint density at radius 3 is 2.41 bits per heavy atom. The van der Waals surface area contributed by atoms with Gasteiger partial charge in [0.05, 0.1) is 19.4 Å². The molecule has 0 aliphatic rings. The lowest BCUT2D eigenvalue weighted by molar-refractivity contribution is 0.179. The third-order valence-corrected chi connectivity index (χ3v) is 6.84. The summed E-state index contributed by atoms with van der Waals surface area (Å²) in [4.78, 5) is 19.0. The van der Waals surface area contributed by atoms with E-state index < -0.39 is 6.04 Å². The van der Waals surface area contributed by atoms with Gasteiger partial charge in [0.2, 0.25) is 0 Å². The second-order valence-corrected chi connectivity index (χ2v) is 9.70. The summed E-state index contributed by atoms with van der Waals surface area (Å²) in [5, 5.41) is 13.9. The standard InChI is InChI=1S/C31H28N6O2/c1-22-14-15-28-25(17-22)18-27(31(38)32-28)29(30-33-34-35-37(30)20-24-11-6-3-7-12-24)36(21-26-13-8-16-39-26)19-23-9-4-2-5-10-23/h2-18,29H,19-21H2,1H3,(H,32,38)/t29-/m1/s1. The molecule has 0 saturated carbocycles. The van der Waals surface area contributed by atoms with E-state index in [2.05, 4.69) is 43.6 Å². The molecule has 8 heteroatoms. The van der Waals surface area contributed by atoms with Crippen LogP contribution >= 0.6 is 0 Å². The first-order chi connectivity index (χ1) is 19.1. The molecule has 3 aromatic carbocycles. The van der Waals surface area contributed by atoms with Gasteiger partial charge in [0.1, 0.15) is 11.8 Å². The largest absolute Gasteiger partial charge is 0.468 e. The molecular formula is C31H28N6O2. The summed E-state index contributed by atoms with van der Waals surface area (Å²) in [5.41, 5.74) is 4.46. The fourth-order valence-electron chi connectivity index (χ4n) is 4.98. The van der Waals surface area contributed by atoms with Gasteiger partial charge in [-0.15, -0.1) is 5.10 Å². The second-order valence-electron chi connectivity index (χ2n) is 9.70. The van der Waals surface area contributed by atoms with Crippen LogP contribution in [-0.2, 0) is 19.6 Å². The van der Waals surface area contributed by atoms with Gasteiger partial charge in [0, 0.05) is 17.6 Å². The van der Waals surface area contributed by atoms with Gasteiger partial charge in [-0.3, -0.25) is 9.69 Å². The highest BCUT2D eigenvalue weighted by molar-refractivity contribution is 5.79. The highest BCUT2D eigenvalue weighted by Gasteiger charge is 2.31. The molecule has 1 atom stereocenters. The number of hydrogen-bond donors (Lipinski definition) is 1. The lowest BCUT2D eigenvalue weighted by Crippen LogP contribution is -2.34. The Bertz CT molecular complexity index is 1730. The Morgan fingerprint density at radius 1 is 0.897 bits per heavy atom. The van der Waals surface area contributed by atoms with Crippen LogP contribution in [0.25, 0.3) is 10.9 Å². The SMILES string of the molecule is Cc1ccc2[nH]c(=O)c([C@H](c3nnnn3Cc3ccccc3)N(Cc3ccccc3)Cc3ccco3)cc2c1. The quantitative estimate of drug-likeness (QED) is 0.282. The third-order valence-electron chi connectivity index (χ3n) is 6.84.